The zero-order chi connectivity index (χ0) is 18.2. The van der Waals surface area contributed by atoms with Crippen molar-refractivity contribution >= 4 is 23.1 Å². The minimum atomic E-state index is 0.0165. The quantitative estimate of drug-likeness (QED) is 0.330. The number of fused-ring (bicyclic) bond motifs is 3. The molecule has 4 aromatic rings. The third-order valence-corrected chi connectivity index (χ3v) is 6.22. The van der Waals surface area contributed by atoms with Crippen LogP contribution in [0.15, 0.2) is 66.7 Å². The molecule has 6 rings (SSSR count). The van der Waals surface area contributed by atoms with Crippen LogP contribution in [0.3, 0.4) is 0 Å². The predicted molar refractivity (Wildman–Crippen MR) is 114 cm³/mol. The highest BCUT2D eigenvalue weighted by Gasteiger charge is 2.35. The minimum Gasteiger partial charge on any atom is -0.248 e. The lowest BCUT2D eigenvalue weighted by atomic mass is 9.82. The monoisotopic (exact) mass is 345 g/mol. The van der Waals surface area contributed by atoms with Crippen molar-refractivity contribution in [3.8, 4) is 22.4 Å². The topological polar surface area (TPSA) is 12.9 Å². The van der Waals surface area contributed by atoms with Gasteiger partial charge in [-0.05, 0) is 51.6 Å². The summed E-state index contributed by atoms with van der Waals surface area (Å²) in [7, 11) is 0. The third kappa shape index (κ3) is 1.92. The van der Waals surface area contributed by atoms with Gasteiger partial charge in [0.05, 0.1) is 11.2 Å². The Morgan fingerprint density at radius 2 is 1.52 bits per heavy atom. The van der Waals surface area contributed by atoms with Gasteiger partial charge in [0, 0.05) is 16.4 Å². The van der Waals surface area contributed by atoms with E-state index in [2.05, 4.69) is 92.7 Å². The molecule has 0 radical (unpaired) electrons. The number of nitrogens with zero attached hydrogens (tertiary/aromatic N) is 1. The van der Waals surface area contributed by atoms with Crippen LogP contribution in [0.1, 0.15) is 36.1 Å². The maximum Gasteiger partial charge on any atom is 0.0721 e. The molecule has 0 aliphatic heterocycles. The first-order valence-corrected chi connectivity index (χ1v) is 9.49. The van der Waals surface area contributed by atoms with Gasteiger partial charge in [-0.2, -0.15) is 0 Å². The van der Waals surface area contributed by atoms with E-state index in [1.807, 2.05) is 0 Å². The lowest BCUT2D eigenvalue weighted by Gasteiger charge is -2.22. The van der Waals surface area contributed by atoms with E-state index < -0.39 is 0 Å². The Morgan fingerprint density at radius 1 is 0.704 bits per heavy atom. The van der Waals surface area contributed by atoms with Crippen LogP contribution in [0.5, 0.6) is 0 Å². The Bertz CT molecular complexity index is 1290. The highest BCUT2D eigenvalue weighted by Crippen LogP contribution is 2.49. The molecule has 0 N–H and O–H groups in total. The Labute approximate surface area is 159 Å². The van der Waals surface area contributed by atoms with E-state index in [1.54, 1.807) is 0 Å². The lowest BCUT2D eigenvalue weighted by molar-refractivity contribution is 0.660. The van der Waals surface area contributed by atoms with Gasteiger partial charge in [-0.3, -0.25) is 0 Å². The molecule has 27 heavy (non-hydrogen) atoms. The van der Waals surface area contributed by atoms with Crippen LogP contribution < -0.4 is 0 Å². The van der Waals surface area contributed by atoms with Crippen molar-refractivity contribution in [3.63, 3.8) is 0 Å². The lowest BCUT2D eigenvalue weighted by Crippen LogP contribution is -2.14. The summed E-state index contributed by atoms with van der Waals surface area (Å²) < 4.78 is 0. The second-order valence-electron chi connectivity index (χ2n) is 8.10. The number of hydrogen-bond acceptors (Lipinski definition) is 1. The van der Waals surface area contributed by atoms with E-state index in [1.165, 1.54) is 44.3 Å². The smallest absolute Gasteiger partial charge is 0.0721 e. The molecule has 1 heterocycles. The second kappa shape index (κ2) is 4.95. The molecule has 2 aliphatic carbocycles. The molecule has 0 amide bonds. The molecule has 0 saturated heterocycles. The summed E-state index contributed by atoms with van der Waals surface area (Å²) in [6.07, 6.45) is 4.39. The van der Waals surface area contributed by atoms with Gasteiger partial charge in [0.1, 0.15) is 0 Å². The Hall–Kier alpha value is -3.19. The summed E-state index contributed by atoms with van der Waals surface area (Å²) >= 11 is 0. The van der Waals surface area contributed by atoms with Gasteiger partial charge in [0.2, 0.25) is 0 Å². The molecular weight excluding hydrogens is 326 g/mol. The van der Waals surface area contributed by atoms with Crippen LogP contribution in [0, 0.1) is 0 Å². The SMILES string of the molecule is CC1(C)c2ccccc2-c2ccc(-c3cc4c5c(cccc5n3)C=C4)cc21. The van der Waals surface area contributed by atoms with E-state index in [0.29, 0.717) is 0 Å². The standard InChI is InChI=1S/C26H19N/c1-26(2)21-8-4-3-7-19(21)20-13-12-17(14-22(20)26)24-15-18-11-10-16-6-5-9-23(27-24)25(16)18/h3-15H,1-2H3. The molecule has 3 aromatic carbocycles. The molecule has 0 bridgehead atoms. The molecule has 0 unspecified atom stereocenters. The summed E-state index contributed by atoms with van der Waals surface area (Å²) in [6.45, 7) is 4.65. The fraction of sp³-hybridized carbons (Fsp3) is 0.115. The van der Waals surface area contributed by atoms with Crippen molar-refractivity contribution in [2.45, 2.75) is 19.3 Å². The number of hydrogen-bond donors (Lipinski definition) is 0. The summed E-state index contributed by atoms with van der Waals surface area (Å²) in [4.78, 5) is 4.99. The fourth-order valence-corrected chi connectivity index (χ4v) is 4.81. The molecule has 128 valence electrons. The molecule has 2 aliphatic rings. The van der Waals surface area contributed by atoms with Crippen LogP contribution in [0.4, 0.5) is 0 Å². The Kier molecular flexibility index (Phi) is 2.74. The van der Waals surface area contributed by atoms with Crippen molar-refractivity contribution in [2.24, 2.45) is 0 Å². The van der Waals surface area contributed by atoms with Crippen LogP contribution in [-0.4, -0.2) is 4.98 Å². The summed E-state index contributed by atoms with van der Waals surface area (Å²) in [5, 5.41) is 1.27. The van der Waals surface area contributed by atoms with Crippen molar-refractivity contribution in [2.75, 3.05) is 0 Å². The first kappa shape index (κ1) is 14.9. The van der Waals surface area contributed by atoms with Gasteiger partial charge in [-0.25, -0.2) is 4.98 Å². The Balaban J connectivity index is 1.57. The van der Waals surface area contributed by atoms with Crippen LogP contribution in [0.2, 0.25) is 0 Å². The largest absolute Gasteiger partial charge is 0.248 e. The van der Waals surface area contributed by atoms with E-state index in [0.717, 1.165) is 11.2 Å². The number of rotatable bonds is 1. The second-order valence-corrected chi connectivity index (χ2v) is 8.10. The van der Waals surface area contributed by atoms with Crippen molar-refractivity contribution < 1.29 is 0 Å². The summed E-state index contributed by atoms with van der Waals surface area (Å²) in [5.74, 6) is 0. The zero-order valence-corrected chi connectivity index (χ0v) is 15.5. The van der Waals surface area contributed by atoms with Crippen molar-refractivity contribution in [1.82, 2.24) is 4.98 Å². The fourth-order valence-electron chi connectivity index (χ4n) is 4.81. The first-order chi connectivity index (χ1) is 13.1. The van der Waals surface area contributed by atoms with Gasteiger partial charge in [-0.1, -0.05) is 74.5 Å². The van der Waals surface area contributed by atoms with E-state index >= 15 is 0 Å². The molecule has 1 nitrogen and oxygen atoms in total. The van der Waals surface area contributed by atoms with Crippen molar-refractivity contribution in [3.05, 3.63) is 89.0 Å². The number of aromatic nitrogens is 1. The molecular formula is C26H19N. The van der Waals surface area contributed by atoms with Gasteiger partial charge in [0.15, 0.2) is 0 Å². The first-order valence-electron chi connectivity index (χ1n) is 9.49. The molecule has 0 spiro atoms. The van der Waals surface area contributed by atoms with Crippen LogP contribution in [0.25, 0.3) is 45.4 Å². The average molecular weight is 345 g/mol. The highest BCUT2D eigenvalue weighted by atomic mass is 14.7. The highest BCUT2D eigenvalue weighted by molar-refractivity contribution is 6.04. The molecule has 1 aromatic heterocycles. The maximum absolute atomic E-state index is 4.99. The van der Waals surface area contributed by atoms with Gasteiger partial charge < -0.3 is 0 Å². The maximum atomic E-state index is 4.99. The molecule has 0 atom stereocenters. The molecule has 1 heteroatoms. The van der Waals surface area contributed by atoms with Gasteiger partial charge >= 0.3 is 0 Å². The van der Waals surface area contributed by atoms with E-state index in [-0.39, 0.29) is 5.41 Å². The number of pyridine rings is 1. The summed E-state index contributed by atoms with van der Waals surface area (Å²) in [6, 6.07) is 24.2. The minimum absolute atomic E-state index is 0.0165. The van der Waals surface area contributed by atoms with E-state index in [4.69, 9.17) is 4.98 Å². The van der Waals surface area contributed by atoms with Crippen LogP contribution in [-0.2, 0) is 5.41 Å². The molecule has 0 fully saturated rings. The zero-order valence-electron chi connectivity index (χ0n) is 15.5. The number of benzene rings is 3. The van der Waals surface area contributed by atoms with Gasteiger partial charge in [-0.15, -0.1) is 0 Å². The summed E-state index contributed by atoms with van der Waals surface area (Å²) in [5.41, 5.74) is 11.4. The third-order valence-electron chi connectivity index (χ3n) is 6.22. The Morgan fingerprint density at radius 3 is 2.44 bits per heavy atom. The molecule has 0 saturated carbocycles. The van der Waals surface area contributed by atoms with E-state index in [9.17, 15) is 0 Å². The van der Waals surface area contributed by atoms with Crippen molar-refractivity contribution in [1.29, 1.82) is 0 Å². The average Bonchev–Trinajstić information content (AvgIpc) is 3.21. The van der Waals surface area contributed by atoms with Gasteiger partial charge in [0.25, 0.3) is 0 Å². The predicted octanol–water partition coefficient (Wildman–Crippen LogP) is 6.69. The van der Waals surface area contributed by atoms with Crippen LogP contribution >= 0.6 is 0 Å². The normalized spacial score (nSPS) is 15.2.